The fraction of sp³-hybridized carbons (Fsp3) is 0.0952. The molecule has 0 bridgehead atoms. The van der Waals surface area contributed by atoms with Crippen LogP contribution in [-0.4, -0.2) is 24.7 Å². The minimum atomic E-state index is 0.357. The van der Waals surface area contributed by atoms with Gasteiger partial charge in [-0.3, -0.25) is 9.36 Å². The Labute approximate surface area is 199 Å². The van der Waals surface area contributed by atoms with Gasteiger partial charge in [0.05, 0.1) is 25.0 Å². The van der Waals surface area contributed by atoms with Crippen LogP contribution in [0.4, 0.5) is 11.5 Å². The van der Waals surface area contributed by atoms with Crippen molar-refractivity contribution >= 4 is 63.6 Å². The van der Waals surface area contributed by atoms with Gasteiger partial charge in [0.1, 0.15) is 5.02 Å². The summed E-state index contributed by atoms with van der Waals surface area (Å²) < 4.78 is 3.51. The Bertz CT molecular complexity index is 1200. The van der Waals surface area contributed by atoms with Gasteiger partial charge in [-0.25, -0.2) is 0 Å². The number of rotatable bonds is 6. The summed E-state index contributed by atoms with van der Waals surface area (Å²) in [5, 5.41) is 17.1. The molecule has 0 saturated carbocycles. The van der Waals surface area contributed by atoms with Crippen LogP contribution in [0.1, 0.15) is 11.1 Å². The van der Waals surface area contributed by atoms with Crippen LogP contribution in [0.5, 0.6) is 0 Å². The number of nitrogens with one attached hydrogen (secondary N) is 2. The van der Waals surface area contributed by atoms with E-state index in [9.17, 15) is 0 Å². The van der Waals surface area contributed by atoms with Crippen LogP contribution in [0.25, 0.3) is 0 Å². The quantitative estimate of drug-likeness (QED) is 0.327. The van der Waals surface area contributed by atoms with Crippen molar-refractivity contribution in [1.82, 2.24) is 19.6 Å². The van der Waals surface area contributed by atoms with Gasteiger partial charge in [-0.2, -0.15) is 10.2 Å². The highest BCUT2D eigenvalue weighted by Crippen LogP contribution is 2.21. The van der Waals surface area contributed by atoms with E-state index in [1.54, 1.807) is 21.8 Å². The first-order valence-corrected chi connectivity index (χ1v) is 10.8. The van der Waals surface area contributed by atoms with E-state index in [1.165, 1.54) is 0 Å². The Morgan fingerprint density at radius 1 is 0.871 bits per heavy atom. The van der Waals surface area contributed by atoms with E-state index < -0.39 is 0 Å². The van der Waals surface area contributed by atoms with E-state index in [-0.39, 0.29) is 0 Å². The van der Waals surface area contributed by atoms with Crippen molar-refractivity contribution < 1.29 is 0 Å². The molecule has 4 rings (SSSR count). The average Bonchev–Trinajstić information content (AvgIpc) is 3.31. The number of hydrogen-bond donors (Lipinski definition) is 2. The highest BCUT2D eigenvalue weighted by Gasteiger charge is 2.10. The maximum atomic E-state index is 6.31. The molecule has 2 aromatic carbocycles. The lowest BCUT2D eigenvalue weighted by Crippen LogP contribution is -2.19. The fourth-order valence-electron chi connectivity index (χ4n) is 2.93. The predicted octanol–water partition coefficient (Wildman–Crippen LogP) is 5.95. The minimum absolute atomic E-state index is 0.357. The van der Waals surface area contributed by atoms with E-state index in [4.69, 9.17) is 47.0 Å². The summed E-state index contributed by atoms with van der Waals surface area (Å²) in [5.41, 5.74) is 2.78. The molecule has 0 fully saturated rings. The van der Waals surface area contributed by atoms with Gasteiger partial charge >= 0.3 is 0 Å². The number of thiocarbonyl (C=S) groups is 1. The maximum Gasteiger partial charge on any atom is 0.176 e. The summed E-state index contributed by atoms with van der Waals surface area (Å²) in [6.45, 7) is 1.12. The van der Waals surface area contributed by atoms with Gasteiger partial charge in [0, 0.05) is 22.4 Å². The minimum Gasteiger partial charge on any atom is -0.330 e. The molecule has 31 heavy (non-hydrogen) atoms. The molecule has 0 spiro atoms. The standard InChI is InChI=1S/C21H17Cl3N6S/c22-16-7-5-14(6-8-16)10-30-13-19(24)20(28-30)27-21(31)26-17-9-25-29(12-17)11-15-3-1-2-4-18(15)23/h1-9,12-13H,10-11H2,(H2,26,27,28,31). The zero-order chi connectivity index (χ0) is 21.8. The Kier molecular flexibility index (Phi) is 6.77. The third kappa shape index (κ3) is 5.77. The van der Waals surface area contributed by atoms with Crippen LogP contribution in [0.3, 0.4) is 0 Å². The first-order chi connectivity index (χ1) is 15.0. The highest BCUT2D eigenvalue weighted by atomic mass is 35.5. The van der Waals surface area contributed by atoms with Crippen LogP contribution >= 0.6 is 47.0 Å². The van der Waals surface area contributed by atoms with Crippen molar-refractivity contribution in [3.63, 3.8) is 0 Å². The zero-order valence-corrected chi connectivity index (χ0v) is 19.2. The molecule has 2 N–H and O–H groups in total. The topological polar surface area (TPSA) is 59.7 Å². The molecular formula is C21H17Cl3N6S. The molecule has 158 valence electrons. The number of anilines is 2. The van der Waals surface area contributed by atoms with E-state index in [0.717, 1.165) is 16.8 Å². The second-order valence-electron chi connectivity index (χ2n) is 6.75. The maximum absolute atomic E-state index is 6.31. The summed E-state index contributed by atoms with van der Waals surface area (Å²) in [6.07, 6.45) is 5.27. The van der Waals surface area contributed by atoms with Crippen LogP contribution in [0.15, 0.2) is 67.1 Å². The monoisotopic (exact) mass is 490 g/mol. The average molecular weight is 492 g/mol. The van der Waals surface area contributed by atoms with Crippen molar-refractivity contribution in [2.45, 2.75) is 13.1 Å². The first kappa shape index (κ1) is 21.6. The largest absolute Gasteiger partial charge is 0.330 e. The van der Waals surface area contributed by atoms with Gasteiger partial charge < -0.3 is 10.6 Å². The third-order valence-electron chi connectivity index (χ3n) is 4.39. The second-order valence-corrected chi connectivity index (χ2v) is 8.41. The first-order valence-electron chi connectivity index (χ1n) is 9.27. The lowest BCUT2D eigenvalue weighted by Gasteiger charge is -2.07. The number of nitrogens with zero attached hydrogens (tertiary/aromatic N) is 4. The van der Waals surface area contributed by atoms with Gasteiger partial charge in [0.2, 0.25) is 0 Å². The van der Waals surface area contributed by atoms with E-state index in [1.807, 2.05) is 54.7 Å². The van der Waals surface area contributed by atoms with Crippen molar-refractivity contribution in [3.05, 3.63) is 93.3 Å². The molecule has 6 nitrogen and oxygen atoms in total. The number of aromatic nitrogens is 4. The molecule has 4 aromatic rings. The normalized spacial score (nSPS) is 10.8. The van der Waals surface area contributed by atoms with Crippen LogP contribution in [0.2, 0.25) is 15.1 Å². The van der Waals surface area contributed by atoms with Crippen molar-refractivity contribution in [2.24, 2.45) is 0 Å². The fourth-order valence-corrected chi connectivity index (χ4v) is 3.66. The predicted molar refractivity (Wildman–Crippen MR) is 130 cm³/mol. The third-order valence-corrected chi connectivity index (χ3v) is 5.49. The number of halogens is 3. The highest BCUT2D eigenvalue weighted by molar-refractivity contribution is 7.80. The SMILES string of the molecule is S=C(Nc1cnn(Cc2ccccc2Cl)c1)Nc1nn(Cc2ccc(Cl)cc2)cc1Cl. The molecule has 0 unspecified atom stereocenters. The van der Waals surface area contributed by atoms with Gasteiger partial charge in [0.25, 0.3) is 0 Å². The molecule has 0 saturated heterocycles. The molecule has 0 amide bonds. The molecule has 0 aliphatic heterocycles. The van der Waals surface area contributed by atoms with Crippen LogP contribution in [-0.2, 0) is 13.1 Å². The Morgan fingerprint density at radius 3 is 2.42 bits per heavy atom. The molecular weight excluding hydrogens is 475 g/mol. The summed E-state index contributed by atoms with van der Waals surface area (Å²) in [7, 11) is 0. The Hall–Kier alpha value is -2.58. The lowest BCUT2D eigenvalue weighted by atomic mass is 10.2. The Morgan fingerprint density at radius 2 is 1.65 bits per heavy atom. The molecule has 2 aromatic heterocycles. The molecule has 0 aliphatic carbocycles. The summed E-state index contributed by atoms with van der Waals surface area (Å²) in [6, 6.07) is 15.2. The molecule has 0 aliphatic rings. The van der Waals surface area contributed by atoms with Crippen molar-refractivity contribution in [2.75, 3.05) is 10.6 Å². The molecule has 10 heteroatoms. The molecule has 0 atom stereocenters. The van der Waals surface area contributed by atoms with Crippen molar-refractivity contribution in [3.8, 4) is 0 Å². The summed E-state index contributed by atoms with van der Waals surface area (Å²) in [4.78, 5) is 0. The van der Waals surface area contributed by atoms with E-state index >= 15 is 0 Å². The van der Waals surface area contributed by atoms with Gasteiger partial charge in [-0.1, -0.05) is 65.1 Å². The van der Waals surface area contributed by atoms with Gasteiger partial charge in [-0.05, 0) is 41.5 Å². The number of benzene rings is 2. The van der Waals surface area contributed by atoms with E-state index in [0.29, 0.717) is 39.1 Å². The zero-order valence-electron chi connectivity index (χ0n) is 16.1. The molecule has 2 heterocycles. The van der Waals surface area contributed by atoms with Gasteiger partial charge in [-0.15, -0.1) is 0 Å². The second kappa shape index (κ2) is 9.70. The van der Waals surface area contributed by atoms with Crippen molar-refractivity contribution in [1.29, 1.82) is 0 Å². The number of hydrogen-bond acceptors (Lipinski definition) is 3. The summed E-state index contributed by atoms with van der Waals surface area (Å²) >= 11 is 23.8. The van der Waals surface area contributed by atoms with Crippen LogP contribution < -0.4 is 10.6 Å². The molecule has 0 radical (unpaired) electrons. The smallest absolute Gasteiger partial charge is 0.176 e. The van der Waals surface area contributed by atoms with E-state index in [2.05, 4.69) is 20.8 Å². The van der Waals surface area contributed by atoms with Crippen LogP contribution in [0, 0.1) is 0 Å². The lowest BCUT2D eigenvalue weighted by molar-refractivity contribution is 0.687. The Balaban J connectivity index is 1.36. The van der Waals surface area contributed by atoms with Gasteiger partial charge in [0.15, 0.2) is 10.9 Å². The summed E-state index contributed by atoms with van der Waals surface area (Å²) in [5.74, 6) is 0.469.